The van der Waals surface area contributed by atoms with Crippen LogP contribution in [0.2, 0.25) is 0 Å². The lowest BCUT2D eigenvalue weighted by Gasteiger charge is -2.37. The van der Waals surface area contributed by atoms with E-state index in [9.17, 15) is 19.2 Å². The number of aromatic amines is 1. The van der Waals surface area contributed by atoms with Crippen molar-refractivity contribution in [3.05, 3.63) is 34.7 Å². The molecule has 32 heavy (non-hydrogen) atoms. The molecule has 9 heteroatoms. The quantitative estimate of drug-likeness (QED) is 0.713. The number of hydrogen-bond donors (Lipinski definition) is 2. The number of hydrogen-bond acceptors (Lipinski definition) is 4. The monoisotopic (exact) mass is 439 g/mol. The van der Waals surface area contributed by atoms with E-state index in [2.05, 4.69) is 10.3 Å². The number of fused-ring (bicyclic) bond motifs is 1. The summed E-state index contributed by atoms with van der Waals surface area (Å²) in [7, 11) is 0. The van der Waals surface area contributed by atoms with Crippen LogP contribution in [0.3, 0.4) is 0 Å². The van der Waals surface area contributed by atoms with Crippen molar-refractivity contribution in [2.75, 3.05) is 19.6 Å². The standard InChI is InChI=1S/C23H29N5O4/c1-15-6-4-5-11-23(15)20(30)27(22(32)25-23)14-19(29)26-12-9-16(10-13-26)28-18-8-3-2-7-17(18)24-21(28)31/h2-3,7-8,15-16H,4-6,9-14H2,1H3,(H,24,31)(H,25,32)/t15-,23-/m0/s1. The van der Waals surface area contributed by atoms with Crippen molar-refractivity contribution in [3.8, 4) is 0 Å². The average molecular weight is 440 g/mol. The first-order valence-corrected chi connectivity index (χ1v) is 11.5. The maximum absolute atomic E-state index is 13.1. The predicted octanol–water partition coefficient (Wildman–Crippen LogP) is 1.99. The molecule has 9 nitrogen and oxygen atoms in total. The molecule has 1 aromatic carbocycles. The second-order valence-electron chi connectivity index (χ2n) is 9.37. The number of carbonyl (C=O) groups is 3. The van der Waals surface area contributed by atoms with E-state index in [1.165, 1.54) is 0 Å². The minimum absolute atomic E-state index is 0.00535. The van der Waals surface area contributed by atoms with E-state index < -0.39 is 11.6 Å². The number of piperidine rings is 1. The summed E-state index contributed by atoms with van der Waals surface area (Å²) in [6, 6.07) is 7.14. The number of rotatable bonds is 3. The number of imide groups is 1. The number of para-hydroxylation sites is 2. The van der Waals surface area contributed by atoms with E-state index in [0.29, 0.717) is 32.4 Å². The van der Waals surface area contributed by atoms with E-state index in [1.54, 1.807) is 9.47 Å². The molecule has 4 amide bonds. The summed E-state index contributed by atoms with van der Waals surface area (Å²) in [6.07, 6.45) is 4.78. The molecule has 170 valence electrons. The number of carbonyl (C=O) groups excluding carboxylic acids is 3. The summed E-state index contributed by atoms with van der Waals surface area (Å²) in [4.78, 5) is 56.8. The Kier molecular flexibility index (Phi) is 5.06. The molecule has 3 heterocycles. The van der Waals surface area contributed by atoms with Crippen LogP contribution in [0.5, 0.6) is 0 Å². The van der Waals surface area contributed by atoms with Crippen molar-refractivity contribution in [2.24, 2.45) is 5.92 Å². The third kappa shape index (κ3) is 3.22. The van der Waals surface area contributed by atoms with Crippen LogP contribution < -0.4 is 11.0 Å². The summed E-state index contributed by atoms with van der Waals surface area (Å²) < 4.78 is 1.78. The number of nitrogens with zero attached hydrogens (tertiary/aromatic N) is 3. The molecular weight excluding hydrogens is 410 g/mol. The Labute approximate surface area is 185 Å². The molecule has 2 aromatic rings. The first-order chi connectivity index (χ1) is 15.4. The molecule has 1 aromatic heterocycles. The van der Waals surface area contributed by atoms with E-state index in [4.69, 9.17) is 0 Å². The summed E-state index contributed by atoms with van der Waals surface area (Å²) in [5.41, 5.74) is 0.690. The fourth-order valence-corrected chi connectivity index (χ4v) is 5.68. The van der Waals surface area contributed by atoms with E-state index in [1.807, 2.05) is 31.2 Å². The van der Waals surface area contributed by atoms with Crippen LogP contribution in [-0.4, -0.2) is 62.4 Å². The zero-order chi connectivity index (χ0) is 22.5. The minimum Gasteiger partial charge on any atom is -0.341 e. The van der Waals surface area contributed by atoms with Crippen LogP contribution in [0.1, 0.15) is 51.5 Å². The van der Waals surface area contributed by atoms with Crippen LogP contribution in [-0.2, 0) is 9.59 Å². The average Bonchev–Trinajstić information content (AvgIpc) is 3.24. The Morgan fingerprint density at radius 3 is 2.59 bits per heavy atom. The van der Waals surface area contributed by atoms with Gasteiger partial charge in [-0.3, -0.25) is 19.1 Å². The van der Waals surface area contributed by atoms with Gasteiger partial charge in [0.15, 0.2) is 0 Å². The van der Waals surface area contributed by atoms with Gasteiger partial charge >= 0.3 is 11.7 Å². The van der Waals surface area contributed by atoms with Crippen molar-refractivity contribution < 1.29 is 14.4 Å². The third-order valence-electron chi connectivity index (χ3n) is 7.60. The van der Waals surface area contributed by atoms with Crippen molar-refractivity contribution in [2.45, 2.75) is 57.0 Å². The van der Waals surface area contributed by atoms with Crippen molar-refractivity contribution in [3.63, 3.8) is 0 Å². The molecule has 3 aliphatic rings. The number of aromatic nitrogens is 2. The van der Waals surface area contributed by atoms with Crippen molar-refractivity contribution >= 4 is 28.9 Å². The molecule has 2 N–H and O–H groups in total. The Hall–Kier alpha value is -3.10. The first kappa shape index (κ1) is 20.8. The smallest absolute Gasteiger partial charge is 0.326 e. The van der Waals surface area contributed by atoms with E-state index in [-0.39, 0.29) is 36.0 Å². The van der Waals surface area contributed by atoms with Crippen LogP contribution in [0, 0.1) is 5.92 Å². The summed E-state index contributed by atoms with van der Waals surface area (Å²) >= 11 is 0. The van der Waals surface area contributed by atoms with E-state index in [0.717, 1.165) is 35.2 Å². The Bertz CT molecular complexity index is 1130. The highest BCUT2D eigenvalue weighted by atomic mass is 16.2. The first-order valence-electron chi connectivity index (χ1n) is 11.5. The van der Waals surface area contributed by atoms with Crippen LogP contribution >= 0.6 is 0 Å². The molecule has 0 bridgehead atoms. The lowest BCUT2D eigenvalue weighted by atomic mass is 9.73. The predicted molar refractivity (Wildman–Crippen MR) is 118 cm³/mol. The molecule has 0 unspecified atom stereocenters. The largest absolute Gasteiger partial charge is 0.341 e. The highest BCUT2D eigenvalue weighted by Crippen LogP contribution is 2.38. The van der Waals surface area contributed by atoms with Gasteiger partial charge in [-0.25, -0.2) is 9.59 Å². The van der Waals surface area contributed by atoms with Gasteiger partial charge in [-0.05, 0) is 43.7 Å². The Morgan fingerprint density at radius 2 is 1.84 bits per heavy atom. The van der Waals surface area contributed by atoms with Gasteiger partial charge in [0.2, 0.25) is 5.91 Å². The van der Waals surface area contributed by atoms with E-state index >= 15 is 0 Å². The van der Waals surface area contributed by atoms with Gasteiger partial charge in [-0.1, -0.05) is 31.9 Å². The van der Waals surface area contributed by atoms with Crippen LogP contribution in [0.15, 0.2) is 29.1 Å². The SMILES string of the molecule is C[C@H]1CCCC[C@]12NC(=O)N(CC(=O)N1CCC(n3c(=O)[nH]c4ccccc43)CC1)C2=O. The molecule has 2 saturated heterocycles. The fourth-order valence-electron chi connectivity index (χ4n) is 5.68. The molecule has 2 aliphatic heterocycles. The highest BCUT2D eigenvalue weighted by Gasteiger charge is 2.55. The topological polar surface area (TPSA) is 108 Å². The molecular formula is C23H29N5O4. The molecule has 1 saturated carbocycles. The van der Waals surface area contributed by atoms with Gasteiger partial charge in [0, 0.05) is 19.1 Å². The van der Waals surface area contributed by atoms with Crippen molar-refractivity contribution in [1.29, 1.82) is 0 Å². The Morgan fingerprint density at radius 1 is 1.09 bits per heavy atom. The molecule has 3 fully saturated rings. The lowest BCUT2D eigenvalue weighted by Crippen LogP contribution is -2.54. The second-order valence-corrected chi connectivity index (χ2v) is 9.37. The number of H-pyrrole nitrogens is 1. The molecule has 1 spiro atoms. The number of likely N-dealkylation sites (tertiary alicyclic amines) is 1. The van der Waals surface area contributed by atoms with Gasteiger partial charge in [-0.15, -0.1) is 0 Å². The van der Waals surface area contributed by atoms with Crippen LogP contribution in [0.25, 0.3) is 11.0 Å². The number of urea groups is 1. The molecule has 1 aliphatic carbocycles. The number of nitrogens with one attached hydrogen (secondary N) is 2. The third-order valence-corrected chi connectivity index (χ3v) is 7.60. The van der Waals surface area contributed by atoms with Crippen LogP contribution in [0.4, 0.5) is 4.79 Å². The van der Waals surface area contributed by atoms with Gasteiger partial charge < -0.3 is 15.2 Å². The Balaban J connectivity index is 1.24. The highest BCUT2D eigenvalue weighted by molar-refractivity contribution is 6.09. The van der Waals surface area contributed by atoms with Crippen molar-refractivity contribution in [1.82, 2.24) is 24.7 Å². The zero-order valence-electron chi connectivity index (χ0n) is 18.3. The summed E-state index contributed by atoms with van der Waals surface area (Å²) in [5, 5.41) is 2.90. The zero-order valence-corrected chi connectivity index (χ0v) is 18.3. The maximum Gasteiger partial charge on any atom is 0.326 e. The normalized spacial score (nSPS) is 26.8. The summed E-state index contributed by atoms with van der Waals surface area (Å²) in [5.74, 6) is -0.417. The lowest BCUT2D eigenvalue weighted by molar-refractivity contribution is -0.141. The summed E-state index contributed by atoms with van der Waals surface area (Å²) in [6.45, 7) is 2.75. The second kappa shape index (κ2) is 7.79. The minimum atomic E-state index is -0.848. The van der Waals surface area contributed by atoms with Gasteiger partial charge in [0.25, 0.3) is 5.91 Å². The maximum atomic E-state index is 13.1. The number of benzene rings is 1. The fraction of sp³-hybridized carbons (Fsp3) is 0.565. The van der Waals surface area contributed by atoms with Gasteiger partial charge in [0.05, 0.1) is 11.0 Å². The van der Waals surface area contributed by atoms with Gasteiger partial charge in [-0.2, -0.15) is 0 Å². The number of amides is 4. The number of imidazole rings is 1. The molecule has 0 radical (unpaired) electrons. The van der Waals surface area contributed by atoms with Gasteiger partial charge in [0.1, 0.15) is 12.1 Å². The molecule has 2 atom stereocenters. The molecule has 5 rings (SSSR count).